The Balaban J connectivity index is 1.84. The molecule has 1 aliphatic heterocycles. The van der Waals surface area contributed by atoms with Gasteiger partial charge in [0.1, 0.15) is 5.78 Å². The molecule has 20 heavy (non-hydrogen) atoms. The van der Waals surface area contributed by atoms with E-state index in [1.165, 1.54) is 19.3 Å². The molecule has 2 fully saturated rings. The molecule has 3 nitrogen and oxygen atoms in total. The first-order chi connectivity index (χ1) is 9.60. The van der Waals surface area contributed by atoms with E-state index in [1.807, 2.05) is 0 Å². The van der Waals surface area contributed by atoms with E-state index in [1.54, 1.807) is 0 Å². The molecular weight excluding hydrogens is 250 g/mol. The molecule has 0 spiro atoms. The van der Waals surface area contributed by atoms with E-state index >= 15 is 0 Å². The number of nitrogens with zero attached hydrogens (tertiary/aromatic N) is 1. The summed E-state index contributed by atoms with van der Waals surface area (Å²) in [5, 5.41) is 0. The van der Waals surface area contributed by atoms with E-state index in [2.05, 4.69) is 25.7 Å². The van der Waals surface area contributed by atoms with Crippen LogP contribution in [0.2, 0.25) is 0 Å². The molecule has 0 radical (unpaired) electrons. The second-order valence-corrected chi connectivity index (χ2v) is 6.99. The summed E-state index contributed by atoms with van der Waals surface area (Å²) < 4.78 is 5.90. The predicted molar refractivity (Wildman–Crippen MR) is 81.8 cm³/mol. The van der Waals surface area contributed by atoms with Crippen molar-refractivity contribution in [2.24, 2.45) is 17.8 Å². The Hall–Kier alpha value is -0.410. The molecule has 3 heteroatoms. The number of rotatable bonds is 5. The van der Waals surface area contributed by atoms with E-state index in [0.717, 1.165) is 39.1 Å². The topological polar surface area (TPSA) is 29.5 Å². The lowest BCUT2D eigenvalue weighted by Gasteiger charge is -2.38. The smallest absolute Gasteiger partial charge is 0.137 e. The molecule has 2 rings (SSSR count). The number of hydrogen-bond acceptors (Lipinski definition) is 3. The normalized spacial score (nSPS) is 36.2. The molecule has 2 aliphatic rings. The summed E-state index contributed by atoms with van der Waals surface area (Å²) in [6.45, 7) is 10.6. The average molecular weight is 281 g/mol. The Morgan fingerprint density at radius 1 is 1.35 bits per heavy atom. The van der Waals surface area contributed by atoms with Crippen LogP contribution in [0.4, 0.5) is 0 Å². The summed E-state index contributed by atoms with van der Waals surface area (Å²) in [5.41, 5.74) is 0. The highest BCUT2D eigenvalue weighted by atomic mass is 16.5. The van der Waals surface area contributed by atoms with Gasteiger partial charge in [-0.25, -0.2) is 0 Å². The van der Waals surface area contributed by atoms with Gasteiger partial charge in [0.2, 0.25) is 0 Å². The lowest BCUT2D eigenvalue weighted by atomic mass is 9.74. The lowest BCUT2D eigenvalue weighted by molar-refractivity contribution is -0.129. The van der Waals surface area contributed by atoms with Crippen molar-refractivity contribution in [3.63, 3.8) is 0 Å². The second kappa shape index (κ2) is 7.56. The lowest BCUT2D eigenvalue weighted by Crippen LogP contribution is -2.46. The third-order valence-corrected chi connectivity index (χ3v) is 4.90. The molecular formula is C17H31NO2. The summed E-state index contributed by atoms with van der Waals surface area (Å²) in [4.78, 5) is 14.8. The summed E-state index contributed by atoms with van der Waals surface area (Å²) in [6, 6.07) is 0. The summed E-state index contributed by atoms with van der Waals surface area (Å²) >= 11 is 0. The minimum atomic E-state index is 0.260. The van der Waals surface area contributed by atoms with Crippen LogP contribution >= 0.6 is 0 Å². The van der Waals surface area contributed by atoms with Crippen LogP contribution in [-0.4, -0.2) is 43.0 Å². The fourth-order valence-electron chi connectivity index (χ4n) is 3.85. The Bertz CT molecular complexity index is 318. The van der Waals surface area contributed by atoms with E-state index in [9.17, 15) is 4.79 Å². The highest BCUT2D eigenvalue weighted by Crippen LogP contribution is 2.32. The first-order valence-electron chi connectivity index (χ1n) is 8.46. The first kappa shape index (κ1) is 16.0. The molecule has 0 aromatic carbocycles. The van der Waals surface area contributed by atoms with Gasteiger partial charge >= 0.3 is 0 Å². The minimum Gasteiger partial charge on any atom is -0.377 e. The minimum absolute atomic E-state index is 0.260. The van der Waals surface area contributed by atoms with Crippen molar-refractivity contribution in [3.05, 3.63) is 0 Å². The maximum Gasteiger partial charge on any atom is 0.137 e. The van der Waals surface area contributed by atoms with Crippen molar-refractivity contribution in [1.29, 1.82) is 0 Å². The Labute approximate surface area is 124 Å². The number of carbonyl (C=O) groups is 1. The number of hydrogen-bond donors (Lipinski definition) is 0. The van der Waals surface area contributed by atoms with Crippen molar-refractivity contribution in [2.45, 2.75) is 59.0 Å². The van der Waals surface area contributed by atoms with Gasteiger partial charge in [-0.05, 0) is 44.1 Å². The van der Waals surface area contributed by atoms with Crippen LogP contribution in [0.25, 0.3) is 0 Å². The van der Waals surface area contributed by atoms with Crippen molar-refractivity contribution in [1.82, 2.24) is 4.90 Å². The van der Waals surface area contributed by atoms with Crippen molar-refractivity contribution in [2.75, 3.05) is 26.2 Å². The first-order valence-corrected chi connectivity index (χ1v) is 8.46. The summed E-state index contributed by atoms with van der Waals surface area (Å²) in [6.07, 6.45) is 5.86. The molecule has 0 N–H and O–H groups in total. The van der Waals surface area contributed by atoms with Gasteiger partial charge in [0.25, 0.3) is 0 Å². The number of piperidine rings is 1. The largest absolute Gasteiger partial charge is 0.377 e. The van der Waals surface area contributed by atoms with Gasteiger partial charge in [-0.2, -0.15) is 0 Å². The maximum atomic E-state index is 12.3. The van der Waals surface area contributed by atoms with Gasteiger partial charge < -0.3 is 9.64 Å². The third-order valence-electron chi connectivity index (χ3n) is 4.90. The number of likely N-dealkylation sites (tertiary alicyclic amines) is 1. The number of carbonyl (C=O) groups excluding carboxylic acids is 1. The summed E-state index contributed by atoms with van der Waals surface area (Å²) in [7, 11) is 0. The molecule has 0 bridgehead atoms. The van der Waals surface area contributed by atoms with Gasteiger partial charge in [-0.15, -0.1) is 0 Å². The molecule has 0 aromatic rings. The van der Waals surface area contributed by atoms with Gasteiger partial charge in [0.05, 0.1) is 6.10 Å². The van der Waals surface area contributed by atoms with Gasteiger partial charge in [-0.1, -0.05) is 20.8 Å². The van der Waals surface area contributed by atoms with Gasteiger partial charge in [0, 0.05) is 32.0 Å². The zero-order valence-electron chi connectivity index (χ0n) is 13.4. The van der Waals surface area contributed by atoms with Crippen LogP contribution in [0.1, 0.15) is 52.9 Å². The number of ether oxygens (including phenoxy) is 1. The predicted octanol–water partition coefficient (Wildman–Crippen LogP) is 3.13. The standard InChI is InChI=1S/C17H31NO2/c1-4-8-20-15-6-5-7-18(11-15)12-16-14(3)9-13(2)10-17(16)19/h13-16H,4-12H2,1-3H3. The van der Waals surface area contributed by atoms with Crippen molar-refractivity contribution >= 4 is 5.78 Å². The fraction of sp³-hybridized carbons (Fsp3) is 0.941. The zero-order chi connectivity index (χ0) is 14.5. The maximum absolute atomic E-state index is 12.3. The quantitative estimate of drug-likeness (QED) is 0.775. The van der Waals surface area contributed by atoms with E-state index in [-0.39, 0.29) is 5.92 Å². The van der Waals surface area contributed by atoms with Gasteiger partial charge in [0.15, 0.2) is 0 Å². The molecule has 1 aliphatic carbocycles. The molecule has 4 atom stereocenters. The molecule has 1 saturated carbocycles. The van der Waals surface area contributed by atoms with Crippen LogP contribution in [-0.2, 0) is 9.53 Å². The fourth-order valence-corrected chi connectivity index (χ4v) is 3.85. The Kier molecular flexibility index (Phi) is 6.03. The van der Waals surface area contributed by atoms with Crippen LogP contribution in [0.15, 0.2) is 0 Å². The van der Waals surface area contributed by atoms with Crippen LogP contribution in [0.5, 0.6) is 0 Å². The SMILES string of the molecule is CCCOC1CCCN(CC2C(=O)CC(C)CC2C)C1. The molecule has 1 heterocycles. The Morgan fingerprint density at radius 3 is 2.85 bits per heavy atom. The third kappa shape index (κ3) is 4.29. The highest BCUT2D eigenvalue weighted by Gasteiger charge is 2.34. The second-order valence-electron chi connectivity index (χ2n) is 6.99. The van der Waals surface area contributed by atoms with E-state index in [4.69, 9.17) is 4.74 Å². The van der Waals surface area contributed by atoms with Crippen LogP contribution in [0.3, 0.4) is 0 Å². The van der Waals surface area contributed by atoms with Crippen molar-refractivity contribution in [3.8, 4) is 0 Å². The Morgan fingerprint density at radius 2 is 2.15 bits per heavy atom. The molecule has 0 aromatic heterocycles. The average Bonchev–Trinajstić information content (AvgIpc) is 2.41. The molecule has 116 valence electrons. The van der Waals surface area contributed by atoms with Crippen molar-refractivity contribution < 1.29 is 9.53 Å². The number of Topliss-reactive ketones (excluding diaryl/α,β-unsaturated/α-hetero) is 1. The van der Waals surface area contributed by atoms with E-state index < -0.39 is 0 Å². The molecule has 1 saturated heterocycles. The van der Waals surface area contributed by atoms with E-state index in [0.29, 0.717) is 23.7 Å². The highest BCUT2D eigenvalue weighted by molar-refractivity contribution is 5.82. The number of ketones is 1. The monoisotopic (exact) mass is 281 g/mol. The van der Waals surface area contributed by atoms with Crippen LogP contribution < -0.4 is 0 Å². The van der Waals surface area contributed by atoms with Gasteiger partial charge in [-0.3, -0.25) is 4.79 Å². The zero-order valence-corrected chi connectivity index (χ0v) is 13.4. The molecule has 4 unspecified atom stereocenters. The van der Waals surface area contributed by atoms with Crippen LogP contribution in [0, 0.1) is 17.8 Å². The molecule has 0 amide bonds. The summed E-state index contributed by atoms with van der Waals surface area (Å²) in [5.74, 6) is 1.88.